The van der Waals surface area contributed by atoms with E-state index in [1.165, 1.54) is 12.1 Å². The summed E-state index contributed by atoms with van der Waals surface area (Å²) in [7, 11) is 0. The van der Waals surface area contributed by atoms with Gasteiger partial charge in [-0.3, -0.25) is 4.79 Å². The van der Waals surface area contributed by atoms with E-state index in [-0.39, 0.29) is 17.2 Å². The summed E-state index contributed by atoms with van der Waals surface area (Å²) in [6, 6.07) is 9.94. The minimum absolute atomic E-state index is 0.0294. The average molecular weight is 342 g/mol. The van der Waals surface area contributed by atoms with E-state index in [1.54, 1.807) is 6.07 Å². The van der Waals surface area contributed by atoms with E-state index in [9.17, 15) is 9.18 Å². The number of carbonyl (C=O) groups excluding carboxylic acids is 1. The number of Topliss-reactive ketones (excluding diaryl/α,β-unsaturated/α-hetero) is 1. The lowest BCUT2D eigenvalue weighted by Gasteiger charge is -2.06. The molecular formula is C15H11BrClFO. The van der Waals surface area contributed by atoms with E-state index in [0.717, 1.165) is 10.0 Å². The Bertz CT molecular complexity index is 640. The Hall–Kier alpha value is -1.19. The van der Waals surface area contributed by atoms with Gasteiger partial charge in [0.2, 0.25) is 0 Å². The first-order valence-electron chi connectivity index (χ1n) is 5.70. The largest absolute Gasteiger partial charge is 0.294 e. The molecule has 2 aromatic rings. The number of hydrogen-bond acceptors (Lipinski definition) is 1. The van der Waals surface area contributed by atoms with Crippen LogP contribution in [0.2, 0.25) is 5.02 Å². The Morgan fingerprint density at radius 2 is 2.00 bits per heavy atom. The fraction of sp³-hybridized carbons (Fsp3) is 0.133. The SMILES string of the molecule is Cc1ccc(Br)c(C(=O)Cc2ccc(F)c(Cl)c2)c1. The minimum atomic E-state index is -0.477. The molecule has 0 saturated carbocycles. The quantitative estimate of drug-likeness (QED) is 0.720. The van der Waals surface area contributed by atoms with Crippen LogP contribution in [0.3, 0.4) is 0 Å². The average Bonchev–Trinajstić information content (AvgIpc) is 2.36. The molecule has 2 aromatic carbocycles. The molecule has 0 aliphatic heterocycles. The van der Waals surface area contributed by atoms with Crippen LogP contribution < -0.4 is 0 Å². The number of aryl methyl sites for hydroxylation is 1. The summed E-state index contributed by atoms with van der Waals surface area (Å²) in [5.74, 6) is -0.507. The Morgan fingerprint density at radius 1 is 1.26 bits per heavy atom. The van der Waals surface area contributed by atoms with Gasteiger partial charge in [0.05, 0.1) is 5.02 Å². The molecule has 0 radical (unpaired) electrons. The first-order valence-corrected chi connectivity index (χ1v) is 6.88. The highest BCUT2D eigenvalue weighted by Crippen LogP contribution is 2.22. The molecule has 0 bridgehead atoms. The molecule has 98 valence electrons. The van der Waals surface area contributed by atoms with E-state index < -0.39 is 5.82 Å². The second-order valence-corrected chi connectivity index (χ2v) is 5.59. The van der Waals surface area contributed by atoms with Crippen LogP contribution in [0.15, 0.2) is 40.9 Å². The lowest BCUT2D eigenvalue weighted by atomic mass is 10.0. The second-order valence-electron chi connectivity index (χ2n) is 4.33. The van der Waals surface area contributed by atoms with Crippen LogP contribution in [0.4, 0.5) is 4.39 Å². The van der Waals surface area contributed by atoms with Crippen molar-refractivity contribution in [1.82, 2.24) is 0 Å². The molecular weight excluding hydrogens is 331 g/mol. The molecule has 2 rings (SSSR count). The molecule has 19 heavy (non-hydrogen) atoms. The molecule has 0 atom stereocenters. The van der Waals surface area contributed by atoms with Crippen LogP contribution in [0.1, 0.15) is 21.5 Å². The Morgan fingerprint density at radius 3 is 2.68 bits per heavy atom. The van der Waals surface area contributed by atoms with Crippen molar-refractivity contribution < 1.29 is 9.18 Å². The summed E-state index contributed by atoms with van der Waals surface area (Å²) in [6.07, 6.45) is 0.196. The van der Waals surface area contributed by atoms with Gasteiger partial charge in [0, 0.05) is 16.5 Å². The first kappa shape index (κ1) is 14.2. The molecule has 0 fully saturated rings. The second kappa shape index (κ2) is 5.85. The van der Waals surface area contributed by atoms with Crippen LogP contribution in [0, 0.1) is 12.7 Å². The molecule has 0 aliphatic rings. The van der Waals surface area contributed by atoms with Crippen molar-refractivity contribution in [2.75, 3.05) is 0 Å². The Balaban J connectivity index is 2.25. The first-order chi connectivity index (χ1) is 8.97. The van der Waals surface area contributed by atoms with E-state index in [2.05, 4.69) is 15.9 Å². The summed E-state index contributed by atoms with van der Waals surface area (Å²) in [4.78, 5) is 12.2. The Labute approximate surface area is 124 Å². The van der Waals surface area contributed by atoms with Crippen molar-refractivity contribution in [3.05, 3.63) is 68.4 Å². The standard InChI is InChI=1S/C15H11BrClFO/c1-9-2-4-12(16)11(6-9)15(19)8-10-3-5-14(18)13(17)7-10/h2-7H,8H2,1H3. The van der Waals surface area contributed by atoms with Gasteiger partial charge in [0.25, 0.3) is 0 Å². The monoisotopic (exact) mass is 340 g/mol. The van der Waals surface area contributed by atoms with Crippen molar-refractivity contribution in [2.45, 2.75) is 13.3 Å². The summed E-state index contributed by atoms with van der Waals surface area (Å²) >= 11 is 9.07. The lowest BCUT2D eigenvalue weighted by Crippen LogP contribution is -2.05. The summed E-state index contributed by atoms with van der Waals surface area (Å²) in [5.41, 5.74) is 2.34. The highest BCUT2D eigenvalue weighted by molar-refractivity contribution is 9.10. The normalized spacial score (nSPS) is 10.5. The zero-order chi connectivity index (χ0) is 14.0. The van der Waals surface area contributed by atoms with Crippen molar-refractivity contribution in [2.24, 2.45) is 0 Å². The third-order valence-electron chi connectivity index (χ3n) is 2.77. The predicted octanol–water partition coefficient (Wildman–Crippen LogP) is 4.98. The zero-order valence-corrected chi connectivity index (χ0v) is 12.6. The smallest absolute Gasteiger partial charge is 0.168 e. The third kappa shape index (κ3) is 3.43. The maximum absolute atomic E-state index is 13.1. The van der Waals surface area contributed by atoms with Crippen molar-refractivity contribution >= 4 is 33.3 Å². The highest BCUT2D eigenvalue weighted by Gasteiger charge is 2.12. The molecule has 0 aliphatic carbocycles. The van der Waals surface area contributed by atoms with E-state index in [1.807, 2.05) is 25.1 Å². The van der Waals surface area contributed by atoms with Crippen LogP contribution in [-0.4, -0.2) is 5.78 Å². The van der Waals surface area contributed by atoms with Crippen LogP contribution in [-0.2, 0) is 6.42 Å². The van der Waals surface area contributed by atoms with Gasteiger partial charge in [0.15, 0.2) is 5.78 Å². The molecule has 1 nitrogen and oxygen atoms in total. The Kier molecular flexibility index (Phi) is 4.38. The van der Waals surface area contributed by atoms with Crippen LogP contribution in [0.25, 0.3) is 0 Å². The van der Waals surface area contributed by atoms with Gasteiger partial charge in [-0.15, -0.1) is 0 Å². The summed E-state index contributed by atoms with van der Waals surface area (Å²) < 4.78 is 13.8. The van der Waals surface area contributed by atoms with Crippen molar-refractivity contribution in [3.8, 4) is 0 Å². The van der Waals surface area contributed by atoms with E-state index in [4.69, 9.17) is 11.6 Å². The summed E-state index contributed by atoms with van der Waals surface area (Å²) in [5, 5.41) is 0.0357. The molecule has 4 heteroatoms. The maximum Gasteiger partial charge on any atom is 0.168 e. The molecule has 0 unspecified atom stereocenters. The molecule has 0 saturated heterocycles. The minimum Gasteiger partial charge on any atom is -0.294 e. The number of benzene rings is 2. The predicted molar refractivity (Wildman–Crippen MR) is 78.3 cm³/mol. The molecule has 0 spiro atoms. The number of hydrogen-bond donors (Lipinski definition) is 0. The molecule has 0 amide bonds. The van der Waals surface area contributed by atoms with Gasteiger partial charge < -0.3 is 0 Å². The zero-order valence-electron chi connectivity index (χ0n) is 10.2. The van der Waals surface area contributed by atoms with Gasteiger partial charge in [-0.05, 0) is 36.8 Å². The fourth-order valence-electron chi connectivity index (χ4n) is 1.78. The summed E-state index contributed by atoms with van der Waals surface area (Å²) in [6.45, 7) is 1.93. The van der Waals surface area contributed by atoms with Gasteiger partial charge in [-0.25, -0.2) is 4.39 Å². The molecule has 0 heterocycles. The number of carbonyl (C=O) groups is 1. The molecule has 0 aromatic heterocycles. The lowest BCUT2D eigenvalue weighted by molar-refractivity contribution is 0.0992. The van der Waals surface area contributed by atoms with Crippen LogP contribution >= 0.6 is 27.5 Å². The van der Waals surface area contributed by atoms with Crippen molar-refractivity contribution in [3.63, 3.8) is 0 Å². The van der Waals surface area contributed by atoms with E-state index in [0.29, 0.717) is 11.1 Å². The van der Waals surface area contributed by atoms with Crippen LogP contribution in [0.5, 0.6) is 0 Å². The number of rotatable bonds is 3. The van der Waals surface area contributed by atoms with Gasteiger partial charge >= 0.3 is 0 Å². The van der Waals surface area contributed by atoms with Gasteiger partial charge in [-0.1, -0.05) is 45.2 Å². The number of halogens is 3. The van der Waals surface area contributed by atoms with Gasteiger partial charge in [0.1, 0.15) is 5.82 Å². The number of ketones is 1. The maximum atomic E-state index is 13.1. The highest BCUT2D eigenvalue weighted by atomic mass is 79.9. The van der Waals surface area contributed by atoms with E-state index >= 15 is 0 Å². The third-order valence-corrected chi connectivity index (χ3v) is 3.75. The topological polar surface area (TPSA) is 17.1 Å². The molecule has 0 N–H and O–H groups in total. The van der Waals surface area contributed by atoms with Gasteiger partial charge in [-0.2, -0.15) is 0 Å². The fourth-order valence-corrected chi connectivity index (χ4v) is 2.45. The van der Waals surface area contributed by atoms with Crippen molar-refractivity contribution in [1.29, 1.82) is 0 Å².